The number of hydrogen-bond acceptors (Lipinski definition) is 8. The average Bonchev–Trinajstić information content (AvgIpc) is 3.59. The van der Waals surface area contributed by atoms with Crippen molar-refractivity contribution in [2.24, 2.45) is 50.7 Å². The summed E-state index contributed by atoms with van der Waals surface area (Å²) in [4.78, 5) is 38.3. The summed E-state index contributed by atoms with van der Waals surface area (Å²) >= 11 is 0. The summed E-state index contributed by atoms with van der Waals surface area (Å²) in [7, 11) is 0. The van der Waals surface area contributed by atoms with E-state index in [1.54, 1.807) is 20.8 Å². The van der Waals surface area contributed by atoms with E-state index in [1.165, 1.54) is 6.92 Å². The Balaban J connectivity index is 1.18. The minimum Gasteiger partial charge on any atom is -0.462 e. The van der Waals surface area contributed by atoms with E-state index in [2.05, 4.69) is 27.7 Å². The number of esters is 3. The molecule has 1 aromatic rings. The van der Waals surface area contributed by atoms with Gasteiger partial charge in [0.1, 0.15) is 24.4 Å². The van der Waals surface area contributed by atoms with E-state index in [9.17, 15) is 19.5 Å². The molecule has 0 spiro atoms. The monoisotopic (exact) mass is 678 g/mol. The van der Waals surface area contributed by atoms with Crippen molar-refractivity contribution < 1.29 is 38.4 Å². The van der Waals surface area contributed by atoms with E-state index in [4.69, 9.17) is 18.9 Å². The molecule has 5 aliphatic carbocycles. The van der Waals surface area contributed by atoms with Gasteiger partial charge in [-0.2, -0.15) is 0 Å². The molecule has 1 aliphatic heterocycles. The Bertz CT molecular complexity index is 1480. The third-order valence-electron chi connectivity index (χ3n) is 15.6. The first kappa shape index (κ1) is 35.0. The molecule has 5 saturated carbocycles. The molecule has 1 saturated heterocycles. The molecule has 0 radical (unpaired) electrons. The first-order valence-electron chi connectivity index (χ1n) is 18.9. The van der Waals surface area contributed by atoms with Gasteiger partial charge in [-0.3, -0.25) is 9.59 Å². The highest BCUT2D eigenvalue weighted by atomic mass is 16.6. The second-order valence-electron chi connectivity index (χ2n) is 18.5. The van der Waals surface area contributed by atoms with Crippen LogP contribution in [0.3, 0.4) is 0 Å². The lowest BCUT2D eigenvalue weighted by atomic mass is 9.37. The van der Waals surface area contributed by atoms with Crippen LogP contribution in [-0.2, 0) is 28.5 Å². The highest BCUT2D eigenvalue weighted by molar-refractivity contribution is 5.89. The second kappa shape index (κ2) is 11.5. The second-order valence-corrected chi connectivity index (χ2v) is 18.5. The first-order valence-corrected chi connectivity index (χ1v) is 18.9. The fourth-order valence-electron chi connectivity index (χ4n) is 13.7. The van der Waals surface area contributed by atoms with Crippen LogP contribution in [-0.4, -0.2) is 59.6 Å². The van der Waals surface area contributed by atoms with E-state index in [-0.39, 0.29) is 69.0 Å². The van der Waals surface area contributed by atoms with Crippen LogP contribution < -0.4 is 0 Å². The lowest BCUT2D eigenvalue weighted by Gasteiger charge is -2.68. The highest BCUT2D eigenvalue weighted by Crippen LogP contribution is 2.91. The molecule has 1 heterocycles. The van der Waals surface area contributed by atoms with Crippen LogP contribution in [0, 0.1) is 50.7 Å². The van der Waals surface area contributed by atoms with Gasteiger partial charge in [0.05, 0.1) is 17.8 Å². The third kappa shape index (κ3) is 5.07. The van der Waals surface area contributed by atoms with Crippen LogP contribution in [0.15, 0.2) is 30.3 Å². The summed E-state index contributed by atoms with van der Waals surface area (Å²) in [5.74, 6) is 0.424. The number of carbonyl (C=O) groups is 3. The Labute approximate surface area is 292 Å². The summed E-state index contributed by atoms with van der Waals surface area (Å²) < 4.78 is 24.9. The molecule has 1 aromatic carbocycles. The molecule has 8 nitrogen and oxygen atoms in total. The van der Waals surface area contributed by atoms with Gasteiger partial charge in [0.15, 0.2) is 0 Å². The standard InChI is InChI=1S/C41H58O8/c1-24(42)47-29-20-27(22-46-34(29)37(5,6)45)28-14-19-41-23-40(28,41)18-15-30-38(7)17-16-32(49-35(44)26-12-10-9-11-13-26)36(3,4)31(38)21-33(39(30,41)8)48-25(2)43/h9-13,27-34,45H,14-23H2,1-8H3. The van der Waals surface area contributed by atoms with Crippen LogP contribution in [0.25, 0.3) is 0 Å². The Hall–Kier alpha value is -2.45. The largest absolute Gasteiger partial charge is 0.462 e. The van der Waals surface area contributed by atoms with Crippen molar-refractivity contribution >= 4 is 17.9 Å². The smallest absolute Gasteiger partial charge is 0.338 e. The molecule has 7 rings (SSSR count). The molecule has 0 bridgehead atoms. The first-order chi connectivity index (χ1) is 22.9. The zero-order valence-corrected chi connectivity index (χ0v) is 30.9. The van der Waals surface area contributed by atoms with Crippen molar-refractivity contribution in [1.82, 2.24) is 0 Å². The minimum atomic E-state index is -1.12. The fraction of sp³-hybridized carbons (Fsp3) is 0.780. The molecule has 270 valence electrons. The number of fused-ring (bicyclic) bond motifs is 3. The molecule has 12 atom stereocenters. The van der Waals surface area contributed by atoms with E-state index in [1.807, 2.05) is 30.3 Å². The molecule has 6 fully saturated rings. The van der Waals surface area contributed by atoms with E-state index >= 15 is 0 Å². The molecule has 0 aromatic heterocycles. The zero-order valence-electron chi connectivity index (χ0n) is 30.9. The Morgan fingerprint density at radius 3 is 2.18 bits per heavy atom. The number of carbonyl (C=O) groups excluding carboxylic acids is 3. The van der Waals surface area contributed by atoms with Crippen molar-refractivity contribution in [3.8, 4) is 0 Å². The molecule has 49 heavy (non-hydrogen) atoms. The van der Waals surface area contributed by atoms with Gasteiger partial charge in [-0.15, -0.1) is 0 Å². The molecule has 12 unspecified atom stereocenters. The minimum absolute atomic E-state index is 0.0143. The number of hydrogen-bond donors (Lipinski definition) is 1. The molecular weight excluding hydrogens is 620 g/mol. The van der Waals surface area contributed by atoms with Gasteiger partial charge < -0.3 is 24.1 Å². The third-order valence-corrected chi connectivity index (χ3v) is 15.6. The van der Waals surface area contributed by atoms with Gasteiger partial charge in [-0.25, -0.2) is 4.79 Å². The quantitative estimate of drug-likeness (QED) is 0.247. The average molecular weight is 679 g/mol. The number of ether oxygens (including phenoxy) is 4. The van der Waals surface area contributed by atoms with E-state index < -0.39 is 17.8 Å². The maximum atomic E-state index is 13.3. The normalized spacial score (nSPS) is 45.1. The highest BCUT2D eigenvalue weighted by Gasteiger charge is 2.86. The van der Waals surface area contributed by atoms with Crippen LogP contribution in [0.2, 0.25) is 0 Å². The molecule has 0 amide bonds. The maximum absolute atomic E-state index is 13.3. The van der Waals surface area contributed by atoms with Gasteiger partial charge in [-0.05, 0) is 124 Å². The molecule has 8 heteroatoms. The predicted octanol–water partition coefficient (Wildman–Crippen LogP) is 7.30. The van der Waals surface area contributed by atoms with Crippen molar-refractivity contribution in [3.05, 3.63) is 35.9 Å². The van der Waals surface area contributed by atoms with Gasteiger partial charge in [-0.1, -0.05) is 45.9 Å². The summed E-state index contributed by atoms with van der Waals surface area (Å²) in [6, 6.07) is 9.26. The Morgan fingerprint density at radius 1 is 0.837 bits per heavy atom. The van der Waals surface area contributed by atoms with E-state index in [0.29, 0.717) is 30.4 Å². The Morgan fingerprint density at radius 2 is 1.53 bits per heavy atom. The van der Waals surface area contributed by atoms with Crippen molar-refractivity contribution in [3.63, 3.8) is 0 Å². The topological polar surface area (TPSA) is 108 Å². The van der Waals surface area contributed by atoms with Crippen LogP contribution >= 0.6 is 0 Å². The summed E-state index contributed by atoms with van der Waals surface area (Å²) in [6.45, 7) is 16.5. The summed E-state index contributed by atoms with van der Waals surface area (Å²) in [5.41, 5.74) is -0.785. The number of benzene rings is 1. The fourth-order valence-corrected chi connectivity index (χ4v) is 13.7. The molecule has 1 N–H and O–H groups in total. The number of rotatable bonds is 6. The lowest BCUT2D eigenvalue weighted by Crippen LogP contribution is -2.67. The summed E-state index contributed by atoms with van der Waals surface area (Å²) in [6.07, 6.45) is 7.35. The van der Waals surface area contributed by atoms with Crippen LogP contribution in [0.1, 0.15) is 124 Å². The molecule has 6 aliphatic rings. The Kier molecular flexibility index (Phi) is 8.23. The van der Waals surface area contributed by atoms with Gasteiger partial charge in [0, 0.05) is 24.7 Å². The number of aliphatic hydroxyl groups is 1. The van der Waals surface area contributed by atoms with Crippen molar-refractivity contribution in [2.75, 3.05) is 6.61 Å². The van der Waals surface area contributed by atoms with Gasteiger partial charge in [0.25, 0.3) is 0 Å². The van der Waals surface area contributed by atoms with Gasteiger partial charge >= 0.3 is 17.9 Å². The van der Waals surface area contributed by atoms with Crippen LogP contribution in [0.5, 0.6) is 0 Å². The van der Waals surface area contributed by atoms with Crippen LogP contribution in [0.4, 0.5) is 0 Å². The van der Waals surface area contributed by atoms with Crippen molar-refractivity contribution in [2.45, 2.75) is 143 Å². The lowest BCUT2D eigenvalue weighted by molar-refractivity contribution is -0.249. The SMILES string of the molecule is CC(=O)OC1CC(C2CCC34CC23CCC2C3(C)CCC(OC(=O)c5ccccc5)C(C)(C)C3CC(OC(C)=O)C24C)COC1C(C)(C)O. The maximum Gasteiger partial charge on any atom is 0.338 e. The van der Waals surface area contributed by atoms with E-state index in [0.717, 1.165) is 51.4 Å². The molecular formula is C41H58O8. The summed E-state index contributed by atoms with van der Waals surface area (Å²) in [5, 5.41) is 10.9. The zero-order chi connectivity index (χ0) is 35.4. The van der Waals surface area contributed by atoms with Crippen molar-refractivity contribution in [1.29, 1.82) is 0 Å². The van der Waals surface area contributed by atoms with Gasteiger partial charge in [0.2, 0.25) is 0 Å². The predicted molar refractivity (Wildman–Crippen MR) is 183 cm³/mol.